The molecule has 2 aromatic carbocycles. The van der Waals surface area contributed by atoms with Crippen LogP contribution in [0.5, 0.6) is 0 Å². The summed E-state index contributed by atoms with van der Waals surface area (Å²) in [6, 6.07) is 13.6. The van der Waals surface area contributed by atoms with Crippen molar-refractivity contribution in [2.75, 3.05) is 18.4 Å². The Hall–Kier alpha value is -3.46. The third kappa shape index (κ3) is 5.82. The molecular weight excluding hydrogens is 428 g/mol. The number of carbonyl (C=O) groups is 2. The predicted molar refractivity (Wildman–Crippen MR) is 124 cm³/mol. The van der Waals surface area contributed by atoms with Gasteiger partial charge in [-0.3, -0.25) is 19.3 Å². The molecule has 3 N–H and O–H groups in total. The zero-order valence-electron chi connectivity index (χ0n) is 17.6. The molecule has 2 amide bonds. The van der Waals surface area contributed by atoms with E-state index in [1.807, 2.05) is 0 Å². The third-order valence-corrected chi connectivity index (χ3v) is 6.24. The van der Waals surface area contributed by atoms with E-state index in [0.29, 0.717) is 48.6 Å². The van der Waals surface area contributed by atoms with Crippen molar-refractivity contribution < 1.29 is 18.0 Å². The van der Waals surface area contributed by atoms with Gasteiger partial charge in [-0.1, -0.05) is 36.8 Å². The molecule has 0 saturated carbocycles. The highest BCUT2D eigenvalue weighted by Crippen LogP contribution is 2.22. The van der Waals surface area contributed by atoms with Gasteiger partial charge in [0.1, 0.15) is 5.84 Å². The predicted octanol–water partition coefficient (Wildman–Crippen LogP) is 2.84. The van der Waals surface area contributed by atoms with Crippen LogP contribution < -0.4 is 15.4 Å². The van der Waals surface area contributed by atoms with E-state index in [-0.39, 0.29) is 16.7 Å². The lowest BCUT2D eigenvalue weighted by Crippen LogP contribution is -2.25. The quantitative estimate of drug-likeness (QED) is 0.378. The lowest BCUT2D eigenvalue weighted by Gasteiger charge is -2.10. The van der Waals surface area contributed by atoms with Crippen LogP contribution in [0.15, 0.2) is 71.1 Å². The molecule has 1 aliphatic heterocycles. The highest BCUT2D eigenvalue weighted by atomic mass is 32.2. The molecule has 0 aliphatic carbocycles. The lowest BCUT2D eigenvalue weighted by molar-refractivity contribution is -0.116. The molecule has 9 heteroatoms. The lowest BCUT2D eigenvalue weighted by atomic mass is 10.1. The van der Waals surface area contributed by atoms with Crippen molar-refractivity contribution in [2.45, 2.75) is 30.6 Å². The number of amides is 2. The van der Waals surface area contributed by atoms with Crippen LogP contribution in [0.3, 0.4) is 0 Å². The molecule has 0 spiro atoms. The molecule has 0 unspecified atom stereocenters. The van der Waals surface area contributed by atoms with Gasteiger partial charge >= 0.3 is 0 Å². The van der Waals surface area contributed by atoms with E-state index < -0.39 is 10.0 Å². The number of rotatable bonds is 10. The fraction of sp³-hybridized carbons (Fsp3) is 0.261. The molecule has 168 valence electrons. The van der Waals surface area contributed by atoms with E-state index in [0.717, 1.165) is 12.8 Å². The molecular formula is C23H26N4O4S. The Morgan fingerprint density at radius 2 is 1.78 bits per heavy atom. The maximum Gasteiger partial charge on any atom is 0.263 e. The van der Waals surface area contributed by atoms with Gasteiger partial charge in [0.15, 0.2) is 0 Å². The Balaban J connectivity index is 1.44. The summed E-state index contributed by atoms with van der Waals surface area (Å²) in [7, 11) is -3.53. The Morgan fingerprint density at radius 1 is 1.03 bits per heavy atom. The number of para-hydroxylation sites is 1. The number of benzene rings is 2. The molecule has 32 heavy (non-hydrogen) atoms. The number of fused-ring (bicyclic) bond motifs is 1. The second-order valence-electron chi connectivity index (χ2n) is 7.24. The molecule has 3 rings (SSSR count). The summed E-state index contributed by atoms with van der Waals surface area (Å²) in [4.78, 5) is 29.1. The van der Waals surface area contributed by atoms with Gasteiger partial charge in [-0.25, -0.2) is 8.42 Å². The normalized spacial score (nSPS) is 14.9. The van der Waals surface area contributed by atoms with Crippen LogP contribution in [0.4, 0.5) is 5.69 Å². The topological polar surface area (TPSA) is 117 Å². The maximum absolute atomic E-state index is 12.3. The zero-order valence-corrected chi connectivity index (χ0v) is 18.5. The Labute approximate surface area is 187 Å². The summed E-state index contributed by atoms with van der Waals surface area (Å²) in [6.07, 6.45) is 4.05. The van der Waals surface area contributed by atoms with Gasteiger partial charge in [0.2, 0.25) is 5.91 Å². The first-order chi connectivity index (χ1) is 15.4. The summed E-state index contributed by atoms with van der Waals surface area (Å²) >= 11 is 0. The molecule has 0 bridgehead atoms. The summed E-state index contributed by atoms with van der Waals surface area (Å²) in [6.45, 7) is 4.37. The number of unbranched alkanes of at least 4 members (excludes halogenated alkanes) is 2. The van der Waals surface area contributed by atoms with E-state index in [1.165, 1.54) is 0 Å². The summed E-state index contributed by atoms with van der Waals surface area (Å²) in [5, 5.41) is 5.49. The smallest absolute Gasteiger partial charge is 0.263 e. The fourth-order valence-corrected chi connectivity index (χ4v) is 4.53. The van der Waals surface area contributed by atoms with Crippen LogP contribution in [0.25, 0.3) is 0 Å². The van der Waals surface area contributed by atoms with Crippen LogP contribution in [0.2, 0.25) is 0 Å². The zero-order chi connectivity index (χ0) is 23.0. The number of hydrogen-bond donors (Lipinski definition) is 3. The van der Waals surface area contributed by atoms with Gasteiger partial charge in [-0.2, -0.15) is 0 Å². The van der Waals surface area contributed by atoms with Gasteiger partial charge < -0.3 is 10.6 Å². The Kier molecular flexibility index (Phi) is 7.77. The molecule has 1 aliphatic rings. The van der Waals surface area contributed by atoms with E-state index in [9.17, 15) is 18.0 Å². The number of nitrogens with zero attached hydrogens (tertiary/aromatic N) is 1. The molecule has 0 atom stereocenters. The summed E-state index contributed by atoms with van der Waals surface area (Å²) in [5.41, 5.74) is 1.46. The second-order valence-corrected chi connectivity index (χ2v) is 8.89. The van der Waals surface area contributed by atoms with E-state index in [2.05, 4.69) is 26.9 Å². The van der Waals surface area contributed by atoms with Crippen molar-refractivity contribution in [1.82, 2.24) is 10.0 Å². The van der Waals surface area contributed by atoms with Gasteiger partial charge in [0.25, 0.3) is 15.9 Å². The fourth-order valence-electron chi connectivity index (χ4n) is 3.28. The minimum Gasteiger partial charge on any atom is -0.349 e. The summed E-state index contributed by atoms with van der Waals surface area (Å²) in [5.74, 6) is -0.0773. The van der Waals surface area contributed by atoms with Gasteiger partial charge in [-0.15, -0.1) is 6.58 Å². The Bertz CT molecular complexity index is 1140. The molecule has 0 aromatic heterocycles. The van der Waals surface area contributed by atoms with Gasteiger partial charge in [0, 0.05) is 25.1 Å². The summed E-state index contributed by atoms with van der Waals surface area (Å²) < 4.78 is 26.6. The average Bonchev–Trinajstić information content (AvgIpc) is 3.05. The highest BCUT2D eigenvalue weighted by Gasteiger charge is 2.29. The van der Waals surface area contributed by atoms with Gasteiger partial charge in [-0.05, 0) is 37.1 Å². The van der Waals surface area contributed by atoms with Crippen molar-refractivity contribution in [3.05, 3.63) is 72.3 Å². The Morgan fingerprint density at radius 3 is 2.59 bits per heavy atom. The third-order valence-electron chi connectivity index (χ3n) is 4.85. The van der Waals surface area contributed by atoms with Crippen molar-refractivity contribution >= 4 is 33.4 Å². The van der Waals surface area contributed by atoms with Crippen molar-refractivity contribution in [1.29, 1.82) is 0 Å². The van der Waals surface area contributed by atoms with Crippen LogP contribution in [0, 0.1) is 0 Å². The van der Waals surface area contributed by atoms with Crippen LogP contribution in [-0.2, 0) is 14.8 Å². The van der Waals surface area contributed by atoms with Crippen LogP contribution in [0.1, 0.15) is 41.6 Å². The van der Waals surface area contributed by atoms with Crippen LogP contribution in [-0.4, -0.2) is 39.2 Å². The first-order valence-corrected chi connectivity index (χ1v) is 11.9. The number of sulfonamides is 1. The second kappa shape index (κ2) is 10.7. The van der Waals surface area contributed by atoms with E-state index in [1.54, 1.807) is 54.6 Å². The minimum atomic E-state index is -3.53. The first kappa shape index (κ1) is 23.2. The van der Waals surface area contributed by atoms with Crippen LogP contribution >= 0.6 is 0 Å². The monoisotopic (exact) mass is 454 g/mol. The van der Waals surface area contributed by atoms with Crippen molar-refractivity contribution in [2.24, 2.45) is 4.99 Å². The van der Waals surface area contributed by atoms with Gasteiger partial charge in [0.05, 0.1) is 16.1 Å². The van der Waals surface area contributed by atoms with Crippen molar-refractivity contribution in [3.63, 3.8) is 0 Å². The minimum absolute atomic E-state index is 0.169. The highest BCUT2D eigenvalue weighted by molar-refractivity contribution is 7.90. The molecule has 0 saturated heterocycles. The average molecular weight is 455 g/mol. The number of hydrogen-bond acceptors (Lipinski definition) is 5. The molecule has 0 radical (unpaired) electrons. The first-order valence-electron chi connectivity index (χ1n) is 10.4. The molecule has 8 nitrogen and oxygen atoms in total. The van der Waals surface area contributed by atoms with E-state index in [4.69, 9.17) is 0 Å². The number of nitrogens with one attached hydrogen (secondary N) is 3. The van der Waals surface area contributed by atoms with E-state index >= 15 is 0 Å². The SMILES string of the molecule is C=CCNC(=O)c1ccccc1NC(=O)CCCCCN=C1NS(=O)(=O)c2ccccc21. The number of amidine groups is 1. The molecule has 1 heterocycles. The molecule has 2 aromatic rings. The number of aliphatic imine (C=N–C) groups is 1. The largest absolute Gasteiger partial charge is 0.349 e. The molecule has 0 fully saturated rings. The number of anilines is 1. The van der Waals surface area contributed by atoms with Crippen molar-refractivity contribution in [3.8, 4) is 0 Å². The number of carbonyl (C=O) groups excluding carboxylic acids is 2. The standard InChI is InChI=1S/C23H26N4O4S/c1-2-15-25-23(29)17-10-5-7-12-19(17)26-21(28)14-4-3-9-16-24-22-18-11-6-8-13-20(18)32(30,31)27-22/h2,5-8,10-13H,1,3-4,9,14-16H2,(H,24,27)(H,25,29)(H,26,28). The maximum atomic E-state index is 12.3.